The van der Waals surface area contributed by atoms with Gasteiger partial charge in [0.25, 0.3) is 11.8 Å². The van der Waals surface area contributed by atoms with E-state index in [9.17, 15) is 14.7 Å². The Labute approximate surface area is 199 Å². The summed E-state index contributed by atoms with van der Waals surface area (Å²) in [6.07, 6.45) is 0. The fourth-order valence-corrected chi connectivity index (χ4v) is 3.65. The zero-order valence-electron chi connectivity index (χ0n) is 18.2. The molecule has 0 saturated heterocycles. The van der Waals surface area contributed by atoms with E-state index in [2.05, 4.69) is 48.2 Å². The monoisotopic (exact) mass is 492 g/mol. The number of rotatable bonds is 9. The first kappa shape index (κ1) is 28.9. The number of aromatic hydroxyl groups is 1. The van der Waals surface area contributed by atoms with Crippen molar-refractivity contribution in [2.45, 2.75) is 39.8 Å². The predicted octanol–water partition coefficient (Wildman–Crippen LogP) is 3.80. The summed E-state index contributed by atoms with van der Waals surface area (Å²) < 4.78 is 5.12. The van der Waals surface area contributed by atoms with E-state index in [-0.39, 0.29) is 53.5 Å². The van der Waals surface area contributed by atoms with E-state index in [1.54, 1.807) is 5.38 Å². The van der Waals surface area contributed by atoms with Crippen LogP contribution in [0.3, 0.4) is 0 Å². The number of nitrogens with zero attached hydrogens (tertiary/aromatic N) is 2. The minimum atomic E-state index is -0.437. The topological polar surface area (TPSA) is 104 Å². The van der Waals surface area contributed by atoms with Gasteiger partial charge in [-0.3, -0.25) is 19.8 Å². The lowest BCUT2D eigenvalue weighted by atomic mass is 10.2. The smallest absolute Gasteiger partial charge is 0.270 e. The number of carbonyl (C=O) groups excluding carboxylic acids is 2. The van der Waals surface area contributed by atoms with Gasteiger partial charge in [-0.15, -0.1) is 36.2 Å². The lowest BCUT2D eigenvalue weighted by Crippen LogP contribution is -2.42. The van der Waals surface area contributed by atoms with Crippen LogP contribution in [0.5, 0.6) is 11.5 Å². The summed E-state index contributed by atoms with van der Waals surface area (Å²) >= 11 is 1.16. The van der Waals surface area contributed by atoms with Gasteiger partial charge in [-0.05, 0) is 39.8 Å². The number of halogens is 2. The molecule has 2 rings (SSSR count). The van der Waals surface area contributed by atoms with Crippen LogP contribution >= 0.6 is 36.2 Å². The van der Waals surface area contributed by atoms with Crippen LogP contribution in [-0.2, 0) is 0 Å². The summed E-state index contributed by atoms with van der Waals surface area (Å²) in [7, 11) is 1.41. The highest BCUT2D eigenvalue weighted by Crippen LogP contribution is 2.25. The molecule has 0 saturated carbocycles. The van der Waals surface area contributed by atoms with Crippen LogP contribution < -0.4 is 15.4 Å². The van der Waals surface area contributed by atoms with E-state index in [0.717, 1.165) is 17.9 Å². The first-order chi connectivity index (χ1) is 13.7. The van der Waals surface area contributed by atoms with Gasteiger partial charge in [-0.25, -0.2) is 4.98 Å². The van der Waals surface area contributed by atoms with E-state index >= 15 is 0 Å². The summed E-state index contributed by atoms with van der Waals surface area (Å²) in [6, 6.07) is 5.00. The minimum absolute atomic E-state index is 0. The summed E-state index contributed by atoms with van der Waals surface area (Å²) in [6.45, 7) is 9.76. The van der Waals surface area contributed by atoms with E-state index in [1.807, 2.05) is 0 Å². The molecule has 0 atom stereocenters. The number of nitrogens with one attached hydrogen (secondary N) is 2. The first-order valence-electron chi connectivity index (χ1n) is 9.40. The van der Waals surface area contributed by atoms with Crippen molar-refractivity contribution >= 4 is 53.1 Å². The van der Waals surface area contributed by atoms with Gasteiger partial charge in [-0.2, -0.15) is 0 Å². The number of carbonyl (C=O) groups is 2. The van der Waals surface area contributed by atoms with Crippen molar-refractivity contribution in [3.05, 3.63) is 34.8 Å². The van der Waals surface area contributed by atoms with Gasteiger partial charge < -0.3 is 15.2 Å². The molecule has 8 nitrogen and oxygen atoms in total. The molecule has 31 heavy (non-hydrogen) atoms. The number of thiazole rings is 1. The van der Waals surface area contributed by atoms with Gasteiger partial charge in [0.1, 0.15) is 17.2 Å². The van der Waals surface area contributed by atoms with Crippen LogP contribution in [0.2, 0.25) is 0 Å². The van der Waals surface area contributed by atoms with E-state index in [4.69, 9.17) is 4.74 Å². The van der Waals surface area contributed by atoms with Crippen molar-refractivity contribution in [1.29, 1.82) is 0 Å². The second-order valence-electron chi connectivity index (χ2n) is 7.06. The summed E-state index contributed by atoms with van der Waals surface area (Å²) in [5.74, 6) is -0.471. The van der Waals surface area contributed by atoms with Gasteiger partial charge in [0, 0.05) is 36.6 Å². The molecule has 1 heterocycles. The Hall–Kier alpha value is -2.07. The van der Waals surface area contributed by atoms with Crippen molar-refractivity contribution < 1.29 is 19.4 Å². The average Bonchev–Trinajstić information content (AvgIpc) is 3.12. The van der Waals surface area contributed by atoms with Crippen molar-refractivity contribution in [3.8, 4) is 11.5 Å². The maximum Gasteiger partial charge on any atom is 0.270 e. The molecule has 2 amide bonds. The molecule has 0 fully saturated rings. The van der Waals surface area contributed by atoms with Gasteiger partial charge in [0.2, 0.25) is 0 Å². The second kappa shape index (κ2) is 13.4. The molecule has 174 valence electrons. The van der Waals surface area contributed by atoms with Gasteiger partial charge in [0.15, 0.2) is 5.13 Å². The molecule has 0 aliphatic heterocycles. The number of aromatic nitrogens is 1. The molecular weight excluding hydrogens is 463 g/mol. The largest absolute Gasteiger partial charge is 0.508 e. The molecule has 11 heteroatoms. The zero-order valence-corrected chi connectivity index (χ0v) is 20.6. The second-order valence-corrected chi connectivity index (χ2v) is 7.92. The molecule has 0 radical (unpaired) electrons. The van der Waals surface area contributed by atoms with Crippen LogP contribution in [0.1, 0.15) is 48.5 Å². The van der Waals surface area contributed by atoms with Crippen LogP contribution in [0.15, 0.2) is 23.6 Å². The SMILES string of the molecule is COc1cc(O)ccc1C(=O)Nc1nc(C(=O)NCCN(C(C)C)C(C)C)cs1.Cl.Cl. The fourth-order valence-electron chi connectivity index (χ4n) is 2.97. The Kier molecular flexibility index (Phi) is 12.5. The quantitative estimate of drug-likeness (QED) is 0.491. The molecule has 2 aromatic rings. The molecule has 0 aliphatic rings. The van der Waals surface area contributed by atoms with E-state index < -0.39 is 5.91 Å². The zero-order chi connectivity index (χ0) is 21.6. The normalized spacial score (nSPS) is 10.5. The maximum atomic E-state index is 12.4. The van der Waals surface area contributed by atoms with Crippen molar-refractivity contribution in [1.82, 2.24) is 15.2 Å². The molecule has 0 aliphatic carbocycles. The van der Waals surface area contributed by atoms with E-state index in [1.165, 1.54) is 25.3 Å². The van der Waals surface area contributed by atoms with E-state index in [0.29, 0.717) is 23.8 Å². The first-order valence-corrected chi connectivity index (χ1v) is 10.3. The Morgan fingerprint density at radius 3 is 2.39 bits per heavy atom. The Morgan fingerprint density at radius 2 is 1.81 bits per heavy atom. The Morgan fingerprint density at radius 1 is 1.16 bits per heavy atom. The van der Waals surface area contributed by atoms with Crippen LogP contribution in [0.25, 0.3) is 0 Å². The third-order valence-electron chi connectivity index (χ3n) is 4.37. The maximum absolute atomic E-state index is 12.4. The third kappa shape index (κ3) is 8.17. The Bertz CT molecular complexity index is 853. The number of hydrogen-bond acceptors (Lipinski definition) is 7. The highest BCUT2D eigenvalue weighted by atomic mass is 35.5. The van der Waals surface area contributed by atoms with Gasteiger partial charge in [0.05, 0.1) is 12.7 Å². The molecule has 0 bridgehead atoms. The number of hydrogen-bond donors (Lipinski definition) is 3. The summed E-state index contributed by atoms with van der Waals surface area (Å²) in [4.78, 5) is 31.3. The number of anilines is 1. The van der Waals surface area contributed by atoms with Gasteiger partial charge in [-0.1, -0.05) is 0 Å². The standard InChI is InChI=1S/C20H28N4O4S.2ClH/c1-12(2)24(13(3)4)9-8-21-19(27)16-11-29-20(22-16)23-18(26)15-7-6-14(25)10-17(15)28-5;;/h6-7,10-13,25H,8-9H2,1-5H3,(H,21,27)(H,22,23,26);2*1H. The number of methoxy groups -OCH3 is 1. The number of benzene rings is 1. The summed E-state index contributed by atoms with van der Waals surface area (Å²) in [5, 5.41) is 16.9. The van der Waals surface area contributed by atoms with Crippen molar-refractivity contribution in [2.75, 3.05) is 25.5 Å². The molecule has 0 spiro atoms. The molecule has 1 aromatic heterocycles. The lowest BCUT2D eigenvalue weighted by molar-refractivity contribution is 0.0934. The molecule has 0 unspecified atom stereocenters. The van der Waals surface area contributed by atoms with Crippen LogP contribution in [0.4, 0.5) is 5.13 Å². The molecule has 3 N–H and O–H groups in total. The number of phenols is 1. The minimum Gasteiger partial charge on any atom is -0.508 e. The number of ether oxygens (including phenoxy) is 1. The fraction of sp³-hybridized carbons (Fsp3) is 0.450. The number of phenolic OH excluding ortho intramolecular Hbond substituents is 1. The highest BCUT2D eigenvalue weighted by molar-refractivity contribution is 7.14. The average molecular weight is 493 g/mol. The van der Waals surface area contributed by atoms with Crippen molar-refractivity contribution in [2.24, 2.45) is 0 Å². The van der Waals surface area contributed by atoms with Crippen molar-refractivity contribution in [3.63, 3.8) is 0 Å². The molecule has 1 aromatic carbocycles. The van der Waals surface area contributed by atoms with Gasteiger partial charge >= 0.3 is 0 Å². The van der Waals surface area contributed by atoms with Crippen LogP contribution in [0, 0.1) is 0 Å². The summed E-state index contributed by atoms with van der Waals surface area (Å²) in [5.41, 5.74) is 0.512. The third-order valence-corrected chi connectivity index (χ3v) is 5.13. The number of amides is 2. The molecular formula is C20H30Cl2N4O4S. The predicted molar refractivity (Wildman–Crippen MR) is 129 cm³/mol. The van der Waals surface area contributed by atoms with Crippen LogP contribution in [-0.4, -0.2) is 59.1 Å². The Balaban J connectivity index is 0.00000450. The highest BCUT2D eigenvalue weighted by Gasteiger charge is 2.17. The lowest BCUT2D eigenvalue weighted by Gasteiger charge is -2.30.